The molecule has 162 valence electrons. The molecule has 0 bridgehead atoms. The lowest BCUT2D eigenvalue weighted by atomic mass is 10.2. The van der Waals surface area contributed by atoms with Crippen LogP contribution in [-0.4, -0.2) is 28.2 Å². The molecule has 0 radical (unpaired) electrons. The van der Waals surface area contributed by atoms with Gasteiger partial charge in [0, 0.05) is 34.8 Å². The zero-order valence-corrected chi connectivity index (χ0v) is 18.7. The molecular weight excluding hydrogens is 416 g/mol. The summed E-state index contributed by atoms with van der Waals surface area (Å²) < 4.78 is 0. The van der Waals surface area contributed by atoms with Crippen LogP contribution in [0.4, 0.5) is 11.8 Å². The Kier molecular flexibility index (Phi) is 6.23. The summed E-state index contributed by atoms with van der Waals surface area (Å²) in [6, 6.07) is 24.6. The number of aliphatic hydroxyl groups is 1. The summed E-state index contributed by atoms with van der Waals surface area (Å²) >= 11 is 1.68. The monoisotopic (exact) mass is 442 g/mol. The van der Waals surface area contributed by atoms with E-state index in [1.54, 1.807) is 11.8 Å². The number of nitrogens with zero attached hydrogens (tertiary/aromatic N) is 3. The average molecular weight is 443 g/mol. The molecule has 1 fully saturated rings. The minimum Gasteiger partial charge on any atom is -0.392 e. The van der Waals surface area contributed by atoms with Crippen LogP contribution in [0.2, 0.25) is 0 Å². The molecule has 3 aromatic carbocycles. The van der Waals surface area contributed by atoms with Gasteiger partial charge in [0.05, 0.1) is 12.1 Å². The SMILES string of the molecule is OCc1ccccc1Sc1ccccc1CNc1nc(N2CCCC2)c2ccccc2n1. The Hall–Kier alpha value is -3.09. The van der Waals surface area contributed by atoms with Crippen molar-refractivity contribution in [1.82, 2.24) is 9.97 Å². The Labute approximate surface area is 192 Å². The summed E-state index contributed by atoms with van der Waals surface area (Å²) in [6.45, 7) is 2.75. The first kappa shape index (κ1) is 20.8. The molecule has 0 unspecified atom stereocenters. The van der Waals surface area contributed by atoms with Crippen LogP contribution in [0.15, 0.2) is 82.6 Å². The fraction of sp³-hybridized carbons (Fsp3) is 0.231. The van der Waals surface area contributed by atoms with Crippen molar-refractivity contribution in [2.75, 3.05) is 23.3 Å². The van der Waals surface area contributed by atoms with Crippen molar-refractivity contribution < 1.29 is 5.11 Å². The third-order valence-electron chi connectivity index (χ3n) is 5.76. The van der Waals surface area contributed by atoms with Gasteiger partial charge < -0.3 is 15.3 Å². The zero-order valence-electron chi connectivity index (χ0n) is 17.9. The number of hydrogen-bond acceptors (Lipinski definition) is 6. The van der Waals surface area contributed by atoms with Gasteiger partial charge in [-0.2, -0.15) is 4.98 Å². The third-order valence-corrected chi connectivity index (χ3v) is 7.00. The summed E-state index contributed by atoms with van der Waals surface area (Å²) in [6.07, 6.45) is 2.42. The molecule has 2 heterocycles. The minimum atomic E-state index is 0.0355. The molecule has 1 aliphatic heterocycles. The molecule has 2 N–H and O–H groups in total. The fourth-order valence-electron chi connectivity index (χ4n) is 4.09. The van der Waals surface area contributed by atoms with E-state index in [0.29, 0.717) is 12.5 Å². The highest BCUT2D eigenvalue weighted by Crippen LogP contribution is 2.33. The quantitative estimate of drug-likeness (QED) is 0.395. The molecule has 0 saturated carbocycles. The normalized spacial score (nSPS) is 13.6. The molecule has 0 amide bonds. The molecule has 1 aliphatic rings. The van der Waals surface area contributed by atoms with Crippen LogP contribution in [0.1, 0.15) is 24.0 Å². The third kappa shape index (κ3) is 4.42. The summed E-state index contributed by atoms with van der Waals surface area (Å²) in [5.41, 5.74) is 3.07. The summed E-state index contributed by atoms with van der Waals surface area (Å²) in [5.74, 6) is 1.68. The van der Waals surface area contributed by atoms with E-state index in [2.05, 4.69) is 52.7 Å². The van der Waals surface area contributed by atoms with Crippen molar-refractivity contribution in [2.24, 2.45) is 0 Å². The highest BCUT2D eigenvalue weighted by atomic mass is 32.2. The highest BCUT2D eigenvalue weighted by molar-refractivity contribution is 7.99. The van der Waals surface area contributed by atoms with Crippen molar-refractivity contribution in [2.45, 2.75) is 35.8 Å². The van der Waals surface area contributed by atoms with Gasteiger partial charge in [-0.1, -0.05) is 60.3 Å². The smallest absolute Gasteiger partial charge is 0.225 e. The summed E-state index contributed by atoms with van der Waals surface area (Å²) in [5, 5.41) is 14.2. The second-order valence-electron chi connectivity index (χ2n) is 7.91. The highest BCUT2D eigenvalue weighted by Gasteiger charge is 2.18. The number of aromatic nitrogens is 2. The van der Waals surface area contributed by atoms with Gasteiger partial charge in [-0.25, -0.2) is 4.98 Å². The van der Waals surface area contributed by atoms with Crippen LogP contribution in [0.5, 0.6) is 0 Å². The number of fused-ring (bicyclic) bond motifs is 1. The maximum absolute atomic E-state index is 9.67. The van der Waals surface area contributed by atoms with E-state index < -0.39 is 0 Å². The first-order valence-corrected chi connectivity index (χ1v) is 11.8. The van der Waals surface area contributed by atoms with E-state index in [1.165, 1.54) is 18.4 Å². The Morgan fingerprint density at radius 2 is 1.47 bits per heavy atom. The minimum absolute atomic E-state index is 0.0355. The van der Waals surface area contributed by atoms with Crippen LogP contribution in [0.3, 0.4) is 0 Å². The van der Waals surface area contributed by atoms with Crippen LogP contribution >= 0.6 is 11.8 Å². The van der Waals surface area contributed by atoms with Gasteiger partial charge in [0.15, 0.2) is 0 Å². The Morgan fingerprint density at radius 1 is 0.812 bits per heavy atom. The largest absolute Gasteiger partial charge is 0.392 e. The van der Waals surface area contributed by atoms with Crippen LogP contribution < -0.4 is 10.2 Å². The number of benzene rings is 3. The standard InChI is InChI=1S/C26H26N4OS/c31-18-20-10-2-6-14-24(20)32-23-13-5-1-9-19(23)17-27-26-28-22-12-4-3-11-21(22)25(29-26)30-15-7-8-16-30/h1-6,9-14,31H,7-8,15-18H2,(H,27,28,29). The zero-order chi connectivity index (χ0) is 21.8. The topological polar surface area (TPSA) is 61.3 Å². The Balaban J connectivity index is 1.41. The molecule has 0 atom stereocenters. The van der Waals surface area contributed by atoms with Crippen molar-refractivity contribution >= 4 is 34.4 Å². The van der Waals surface area contributed by atoms with Crippen LogP contribution in [0, 0.1) is 0 Å². The number of rotatable bonds is 7. The molecular formula is C26H26N4OS. The Bertz CT molecular complexity index is 1220. The number of anilines is 2. The molecule has 5 rings (SSSR count). The van der Waals surface area contributed by atoms with Crippen LogP contribution in [0.25, 0.3) is 10.9 Å². The Morgan fingerprint density at radius 3 is 2.25 bits per heavy atom. The lowest BCUT2D eigenvalue weighted by molar-refractivity contribution is 0.279. The number of nitrogens with one attached hydrogen (secondary N) is 1. The first-order valence-electron chi connectivity index (χ1n) is 11.0. The molecule has 5 nitrogen and oxygen atoms in total. The molecule has 1 aromatic heterocycles. The maximum atomic E-state index is 9.67. The van der Waals surface area contributed by atoms with Gasteiger partial charge in [-0.3, -0.25) is 0 Å². The van der Waals surface area contributed by atoms with Crippen molar-refractivity contribution in [3.05, 3.63) is 83.9 Å². The molecule has 4 aromatic rings. The number of aliphatic hydroxyl groups excluding tert-OH is 1. The van der Waals surface area contributed by atoms with E-state index in [4.69, 9.17) is 9.97 Å². The predicted molar refractivity (Wildman–Crippen MR) is 131 cm³/mol. The molecule has 0 aliphatic carbocycles. The van der Waals surface area contributed by atoms with E-state index in [0.717, 1.165) is 45.2 Å². The lowest BCUT2D eigenvalue weighted by Crippen LogP contribution is -2.20. The van der Waals surface area contributed by atoms with Crippen LogP contribution in [-0.2, 0) is 13.2 Å². The van der Waals surface area contributed by atoms with Gasteiger partial charge in [-0.05, 0) is 48.2 Å². The van der Waals surface area contributed by atoms with Crippen molar-refractivity contribution in [3.8, 4) is 0 Å². The number of para-hydroxylation sites is 1. The van der Waals surface area contributed by atoms with E-state index >= 15 is 0 Å². The average Bonchev–Trinajstić information content (AvgIpc) is 3.38. The molecule has 6 heteroatoms. The molecule has 32 heavy (non-hydrogen) atoms. The van der Waals surface area contributed by atoms with E-state index in [9.17, 15) is 5.11 Å². The second-order valence-corrected chi connectivity index (χ2v) is 9.00. The lowest BCUT2D eigenvalue weighted by Gasteiger charge is -2.19. The molecule has 0 spiro atoms. The summed E-state index contributed by atoms with van der Waals surface area (Å²) in [7, 11) is 0. The second kappa shape index (κ2) is 9.59. The fourth-order valence-corrected chi connectivity index (χ4v) is 5.15. The van der Waals surface area contributed by atoms with Gasteiger partial charge in [-0.15, -0.1) is 0 Å². The summed E-state index contributed by atoms with van der Waals surface area (Å²) in [4.78, 5) is 14.3. The van der Waals surface area contributed by atoms with Gasteiger partial charge in [0.25, 0.3) is 0 Å². The maximum Gasteiger partial charge on any atom is 0.225 e. The van der Waals surface area contributed by atoms with E-state index in [1.807, 2.05) is 30.3 Å². The van der Waals surface area contributed by atoms with E-state index in [-0.39, 0.29) is 6.61 Å². The van der Waals surface area contributed by atoms with Crippen molar-refractivity contribution in [1.29, 1.82) is 0 Å². The molecule has 1 saturated heterocycles. The first-order chi connectivity index (χ1) is 15.8. The van der Waals surface area contributed by atoms with Crippen molar-refractivity contribution in [3.63, 3.8) is 0 Å². The number of hydrogen-bond donors (Lipinski definition) is 2. The van der Waals surface area contributed by atoms with Gasteiger partial charge in [0.2, 0.25) is 5.95 Å². The van der Waals surface area contributed by atoms with Gasteiger partial charge in [0.1, 0.15) is 5.82 Å². The van der Waals surface area contributed by atoms with Gasteiger partial charge >= 0.3 is 0 Å². The predicted octanol–water partition coefficient (Wildman–Crippen LogP) is 5.49.